The van der Waals surface area contributed by atoms with Crippen molar-refractivity contribution in [3.05, 3.63) is 11.6 Å². The lowest BCUT2D eigenvalue weighted by Crippen LogP contribution is -2.51. The maximum absolute atomic E-state index is 12.3. The van der Waals surface area contributed by atoms with Crippen molar-refractivity contribution in [2.24, 2.45) is 0 Å². The van der Waals surface area contributed by atoms with Crippen LogP contribution in [0.5, 0.6) is 0 Å². The molecule has 0 unspecified atom stereocenters. The highest BCUT2D eigenvalue weighted by Gasteiger charge is 2.51. The van der Waals surface area contributed by atoms with Gasteiger partial charge in [-0.3, -0.25) is 9.69 Å². The molecule has 0 aromatic carbocycles. The van der Waals surface area contributed by atoms with Crippen molar-refractivity contribution in [3.8, 4) is 0 Å². The number of carbonyl (C=O) groups is 3. The number of aliphatic carboxylic acids is 1. The summed E-state index contributed by atoms with van der Waals surface area (Å²) in [5.41, 5.74) is -0.418. The number of amides is 3. The van der Waals surface area contributed by atoms with Crippen LogP contribution in [-0.4, -0.2) is 53.2 Å². The van der Waals surface area contributed by atoms with Crippen molar-refractivity contribution in [2.75, 3.05) is 19.8 Å². The number of urea groups is 1. The normalized spacial score (nSPS) is 22.8. The number of hydrogen-bond donors (Lipinski definition) is 2. The minimum atomic E-state index is -1.09. The number of nitrogens with one attached hydrogen (secondary N) is 1. The zero-order valence-corrected chi connectivity index (χ0v) is 10.6. The Morgan fingerprint density at radius 3 is 2.68 bits per heavy atom. The second-order valence-corrected chi connectivity index (χ2v) is 4.84. The van der Waals surface area contributed by atoms with Crippen LogP contribution < -0.4 is 5.32 Å². The SMILES string of the molecule is CC(=CC(=O)O)CN1C(=O)NC2(CCOCC2)C1=O. The summed E-state index contributed by atoms with van der Waals surface area (Å²) in [7, 11) is 0. The van der Waals surface area contributed by atoms with Gasteiger partial charge in [0.05, 0.1) is 6.54 Å². The Morgan fingerprint density at radius 1 is 1.47 bits per heavy atom. The van der Waals surface area contributed by atoms with E-state index in [1.165, 1.54) is 0 Å². The molecule has 0 saturated carbocycles. The first-order valence-corrected chi connectivity index (χ1v) is 6.06. The molecule has 1 spiro atoms. The average Bonchev–Trinajstić information content (AvgIpc) is 2.54. The smallest absolute Gasteiger partial charge is 0.328 e. The van der Waals surface area contributed by atoms with Crippen molar-refractivity contribution in [2.45, 2.75) is 25.3 Å². The summed E-state index contributed by atoms with van der Waals surface area (Å²) in [4.78, 5) is 35.8. The predicted octanol–water partition coefficient (Wildman–Crippen LogP) is 0.118. The molecule has 104 valence electrons. The molecule has 2 saturated heterocycles. The molecule has 2 heterocycles. The molecule has 0 aliphatic carbocycles. The Morgan fingerprint density at radius 2 is 2.11 bits per heavy atom. The van der Waals surface area contributed by atoms with Crippen LogP contribution in [0.4, 0.5) is 4.79 Å². The third kappa shape index (κ3) is 2.60. The van der Waals surface area contributed by atoms with Gasteiger partial charge in [0, 0.05) is 32.1 Å². The molecule has 2 fully saturated rings. The van der Waals surface area contributed by atoms with Crippen LogP contribution in [0.15, 0.2) is 11.6 Å². The maximum atomic E-state index is 12.3. The van der Waals surface area contributed by atoms with E-state index >= 15 is 0 Å². The highest BCUT2D eigenvalue weighted by atomic mass is 16.5. The van der Waals surface area contributed by atoms with Crippen LogP contribution in [-0.2, 0) is 14.3 Å². The lowest BCUT2D eigenvalue weighted by atomic mass is 9.90. The van der Waals surface area contributed by atoms with Gasteiger partial charge < -0.3 is 15.2 Å². The molecule has 2 rings (SSSR count). The molecule has 2 aliphatic heterocycles. The van der Waals surface area contributed by atoms with Gasteiger partial charge in [0.2, 0.25) is 0 Å². The summed E-state index contributed by atoms with van der Waals surface area (Å²) in [6, 6.07) is -0.468. The summed E-state index contributed by atoms with van der Waals surface area (Å²) < 4.78 is 5.20. The minimum Gasteiger partial charge on any atom is -0.478 e. The van der Waals surface area contributed by atoms with Crippen LogP contribution in [0.3, 0.4) is 0 Å². The van der Waals surface area contributed by atoms with Crippen LogP contribution in [0.25, 0.3) is 0 Å². The zero-order valence-electron chi connectivity index (χ0n) is 10.6. The summed E-state index contributed by atoms with van der Waals surface area (Å²) in [6.45, 7) is 2.44. The van der Waals surface area contributed by atoms with E-state index in [-0.39, 0.29) is 12.5 Å². The summed E-state index contributed by atoms with van der Waals surface area (Å²) in [6.07, 6.45) is 1.90. The lowest BCUT2D eigenvalue weighted by molar-refractivity contribution is -0.134. The molecule has 0 aromatic rings. The molecule has 19 heavy (non-hydrogen) atoms. The third-order valence-electron chi connectivity index (χ3n) is 3.37. The van der Waals surface area contributed by atoms with E-state index in [0.717, 1.165) is 11.0 Å². The Labute approximate surface area is 110 Å². The molecular formula is C12H16N2O5. The van der Waals surface area contributed by atoms with Gasteiger partial charge in [-0.1, -0.05) is 0 Å². The van der Waals surface area contributed by atoms with E-state index in [9.17, 15) is 14.4 Å². The fourth-order valence-corrected chi connectivity index (χ4v) is 2.38. The highest BCUT2D eigenvalue weighted by molar-refractivity contribution is 6.07. The van der Waals surface area contributed by atoms with Gasteiger partial charge in [0.25, 0.3) is 5.91 Å². The van der Waals surface area contributed by atoms with Crippen molar-refractivity contribution in [1.29, 1.82) is 0 Å². The first-order valence-electron chi connectivity index (χ1n) is 6.06. The average molecular weight is 268 g/mol. The first kappa shape index (κ1) is 13.5. The first-order chi connectivity index (χ1) is 8.94. The number of nitrogens with zero attached hydrogens (tertiary/aromatic N) is 1. The number of carboxylic acid groups (broad SMARTS) is 1. The fraction of sp³-hybridized carbons (Fsp3) is 0.583. The van der Waals surface area contributed by atoms with Gasteiger partial charge >= 0.3 is 12.0 Å². The van der Waals surface area contributed by atoms with Gasteiger partial charge in [-0.25, -0.2) is 9.59 Å². The van der Waals surface area contributed by atoms with E-state index in [1.807, 2.05) is 0 Å². The van der Waals surface area contributed by atoms with Crippen LogP contribution in [0.2, 0.25) is 0 Å². The van der Waals surface area contributed by atoms with Crippen LogP contribution in [0.1, 0.15) is 19.8 Å². The van der Waals surface area contributed by atoms with Gasteiger partial charge in [0.1, 0.15) is 5.54 Å². The summed E-state index contributed by atoms with van der Waals surface area (Å²) in [5, 5.41) is 11.3. The molecule has 0 aromatic heterocycles. The molecule has 0 atom stereocenters. The second kappa shape index (κ2) is 5.00. The van der Waals surface area contributed by atoms with Gasteiger partial charge in [-0.05, 0) is 12.5 Å². The Hall–Kier alpha value is -1.89. The van der Waals surface area contributed by atoms with Crippen LogP contribution >= 0.6 is 0 Å². The topological polar surface area (TPSA) is 95.9 Å². The second-order valence-electron chi connectivity index (χ2n) is 4.84. The summed E-state index contributed by atoms with van der Waals surface area (Å²) >= 11 is 0. The number of hydrogen-bond acceptors (Lipinski definition) is 4. The molecule has 2 N–H and O–H groups in total. The maximum Gasteiger partial charge on any atom is 0.328 e. The molecule has 7 heteroatoms. The standard InChI is InChI=1S/C12H16N2O5/c1-8(6-9(15)16)7-14-10(17)12(13-11(14)18)2-4-19-5-3-12/h6H,2-5,7H2,1H3,(H,13,18)(H,15,16). The van der Waals surface area contributed by atoms with E-state index in [0.29, 0.717) is 31.6 Å². The van der Waals surface area contributed by atoms with Crippen molar-refractivity contribution in [3.63, 3.8) is 0 Å². The molecule has 3 amide bonds. The molecule has 2 aliphatic rings. The third-order valence-corrected chi connectivity index (χ3v) is 3.37. The van der Waals surface area contributed by atoms with E-state index < -0.39 is 17.5 Å². The summed E-state index contributed by atoms with van der Waals surface area (Å²) in [5.74, 6) is -1.38. The fourth-order valence-electron chi connectivity index (χ4n) is 2.38. The van der Waals surface area contributed by atoms with Gasteiger partial charge in [-0.2, -0.15) is 0 Å². The van der Waals surface area contributed by atoms with Crippen molar-refractivity contribution < 1.29 is 24.2 Å². The van der Waals surface area contributed by atoms with Gasteiger partial charge in [-0.15, -0.1) is 0 Å². The minimum absolute atomic E-state index is 0.000423. The number of ether oxygens (including phenoxy) is 1. The largest absolute Gasteiger partial charge is 0.478 e. The lowest BCUT2D eigenvalue weighted by Gasteiger charge is -2.30. The molecule has 0 radical (unpaired) electrons. The zero-order chi connectivity index (χ0) is 14.0. The Kier molecular flexibility index (Phi) is 3.57. The van der Waals surface area contributed by atoms with E-state index in [4.69, 9.17) is 9.84 Å². The predicted molar refractivity (Wildman–Crippen MR) is 64.4 cm³/mol. The quantitative estimate of drug-likeness (QED) is 0.560. The number of rotatable bonds is 3. The van der Waals surface area contributed by atoms with Gasteiger partial charge in [0.15, 0.2) is 0 Å². The van der Waals surface area contributed by atoms with Crippen molar-refractivity contribution in [1.82, 2.24) is 10.2 Å². The van der Waals surface area contributed by atoms with Crippen molar-refractivity contribution >= 4 is 17.9 Å². The molecular weight excluding hydrogens is 252 g/mol. The Balaban J connectivity index is 2.12. The number of carboxylic acids is 1. The number of imide groups is 1. The molecule has 0 bridgehead atoms. The monoisotopic (exact) mass is 268 g/mol. The molecule has 7 nitrogen and oxygen atoms in total. The van der Waals surface area contributed by atoms with E-state index in [2.05, 4.69) is 5.32 Å². The van der Waals surface area contributed by atoms with E-state index in [1.54, 1.807) is 6.92 Å². The highest BCUT2D eigenvalue weighted by Crippen LogP contribution is 2.28. The van der Waals surface area contributed by atoms with Crippen LogP contribution in [0, 0.1) is 0 Å². The Bertz CT molecular complexity index is 451. The number of carbonyl (C=O) groups excluding carboxylic acids is 2.